The van der Waals surface area contributed by atoms with E-state index in [-0.39, 0.29) is 11.9 Å². The van der Waals surface area contributed by atoms with Crippen LogP contribution in [0.1, 0.15) is 24.2 Å². The Morgan fingerprint density at radius 2 is 1.93 bits per heavy atom. The average molecular weight is 404 g/mol. The molecule has 2 aliphatic rings. The van der Waals surface area contributed by atoms with E-state index in [1.54, 1.807) is 18.5 Å². The van der Waals surface area contributed by atoms with Crippen molar-refractivity contribution in [3.05, 3.63) is 66.3 Å². The van der Waals surface area contributed by atoms with Gasteiger partial charge in [0, 0.05) is 29.7 Å². The second-order valence-corrected chi connectivity index (χ2v) is 7.90. The zero-order valence-electron chi connectivity index (χ0n) is 16.5. The lowest BCUT2D eigenvalue weighted by atomic mass is 10.1. The topological polar surface area (TPSA) is 83.9 Å². The highest BCUT2D eigenvalue weighted by Gasteiger charge is 2.54. The molecule has 2 fully saturated rings. The highest BCUT2D eigenvalue weighted by molar-refractivity contribution is 5.95. The SMILES string of the molecule is Cc1ccc(NC(=O)[C@H]2C[C@H]3C[C@H]3N2Cc2ncccn2)cc1-c1ncc(F)cn1. The van der Waals surface area contributed by atoms with Gasteiger partial charge in [-0.3, -0.25) is 9.69 Å². The van der Waals surface area contributed by atoms with Crippen molar-refractivity contribution in [1.29, 1.82) is 0 Å². The molecular formula is C22H21FN6O. The number of likely N-dealkylation sites (tertiary alicyclic amines) is 1. The summed E-state index contributed by atoms with van der Waals surface area (Å²) in [7, 11) is 0. The Kier molecular flexibility index (Phi) is 4.71. The van der Waals surface area contributed by atoms with Crippen LogP contribution in [-0.2, 0) is 11.3 Å². The molecule has 1 aliphatic heterocycles. The molecule has 1 N–H and O–H groups in total. The van der Waals surface area contributed by atoms with Gasteiger partial charge in [0.05, 0.1) is 25.0 Å². The number of nitrogens with zero attached hydrogens (tertiary/aromatic N) is 5. The van der Waals surface area contributed by atoms with E-state index in [9.17, 15) is 9.18 Å². The van der Waals surface area contributed by atoms with E-state index in [0.29, 0.717) is 30.0 Å². The van der Waals surface area contributed by atoms with Gasteiger partial charge in [-0.15, -0.1) is 0 Å². The molecular weight excluding hydrogens is 383 g/mol. The van der Waals surface area contributed by atoms with Gasteiger partial charge in [0.2, 0.25) is 5.91 Å². The molecule has 2 aromatic heterocycles. The van der Waals surface area contributed by atoms with Gasteiger partial charge >= 0.3 is 0 Å². The largest absolute Gasteiger partial charge is 0.325 e. The standard InChI is InChI=1S/C22H21FN6O/c1-13-3-4-16(9-17(13)21-26-10-15(23)11-27-21)28-22(30)19-8-14-7-18(14)29(19)12-20-24-5-2-6-25-20/h2-6,9-11,14,18-19H,7-8,12H2,1H3,(H,28,30)/t14-,18-,19-/m1/s1. The Balaban J connectivity index is 1.33. The summed E-state index contributed by atoms with van der Waals surface area (Å²) < 4.78 is 13.2. The first-order chi connectivity index (χ1) is 14.6. The van der Waals surface area contributed by atoms with Crippen LogP contribution in [-0.4, -0.2) is 42.8 Å². The molecule has 1 amide bonds. The van der Waals surface area contributed by atoms with Crippen LogP contribution in [0, 0.1) is 18.7 Å². The number of nitrogens with one attached hydrogen (secondary N) is 1. The predicted molar refractivity (Wildman–Crippen MR) is 109 cm³/mol. The Morgan fingerprint density at radius 1 is 1.17 bits per heavy atom. The van der Waals surface area contributed by atoms with Gasteiger partial charge in [-0.1, -0.05) is 6.07 Å². The van der Waals surface area contributed by atoms with Crippen LogP contribution in [0.4, 0.5) is 10.1 Å². The molecule has 1 aliphatic carbocycles. The maximum Gasteiger partial charge on any atom is 0.241 e. The van der Waals surface area contributed by atoms with Crippen molar-refractivity contribution in [3.8, 4) is 11.4 Å². The molecule has 1 aromatic carbocycles. The summed E-state index contributed by atoms with van der Waals surface area (Å²) >= 11 is 0. The fourth-order valence-corrected chi connectivity index (χ4v) is 4.22. The molecule has 0 radical (unpaired) electrons. The molecule has 0 spiro atoms. The molecule has 0 bridgehead atoms. The van der Waals surface area contributed by atoms with E-state index in [2.05, 4.69) is 30.2 Å². The van der Waals surface area contributed by atoms with Crippen LogP contribution < -0.4 is 5.32 Å². The minimum atomic E-state index is -0.483. The molecule has 152 valence electrons. The smallest absolute Gasteiger partial charge is 0.241 e. The molecule has 3 aromatic rings. The van der Waals surface area contributed by atoms with Crippen LogP contribution in [0.25, 0.3) is 11.4 Å². The number of hydrogen-bond donors (Lipinski definition) is 1. The number of fused-ring (bicyclic) bond motifs is 1. The van der Waals surface area contributed by atoms with E-state index in [1.807, 2.05) is 25.1 Å². The molecule has 5 rings (SSSR count). The third-order valence-corrected chi connectivity index (χ3v) is 5.85. The number of halogens is 1. The number of piperidine rings is 1. The van der Waals surface area contributed by atoms with E-state index in [1.165, 1.54) is 0 Å². The second kappa shape index (κ2) is 7.53. The lowest BCUT2D eigenvalue weighted by molar-refractivity contribution is -0.121. The van der Waals surface area contributed by atoms with Gasteiger partial charge in [-0.2, -0.15) is 0 Å². The Labute approximate surface area is 173 Å². The quantitative estimate of drug-likeness (QED) is 0.704. The van der Waals surface area contributed by atoms with E-state index < -0.39 is 5.82 Å². The number of benzene rings is 1. The maximum absolute atomic E-state index is 13.2. The number of amides is 1. The van der Waals surface area contributed by atoms with Gasteiger partial charge in [-0.05, 0) is 49.4 Å². The zero-order chi connectivity index (χ0) is 20.7. The van der Waals surface area contributed by atoms with Gasteiger partial charge in [-0.25, -0.2) is 24.3 Å². The molecule has 30 heavy (non-hydrogen) atoms. The first-order valence-electron chi connectivity index (χ1n) is 9.99. The first kappa shape index (κ1) is 18.7. The number of aromatic nitrogens is 4. The van der Waals surface area contributed by atoms with Crippen LogP contribution in [0.15, 0.2) is 49.1 Å². The fraction of sp³-hybridized carbons (Fsp3) is 0.318. The van der Waals surface area contributed by atoms with Crippen molar-refractivity contribution in [2.45, 2.75) is 38.4 Å². The molecule has 1 saturated carbocycles. The van der Waals surface area contributed by atoms with Gasteiger partial charge in [0.25, 0.3) is 0 Å². The number of rotatable bonds is 5. The summed E-state index contributed by atoms with van der Waals surface area (Å²) in [5, 5.41) is 3.04. The third-order valence-electron chi connectivity index (χ3n) is 5.85. The maximum atomic E-state index is 13.2. The number of aryl methyl sites for hydroxylation is 1. The molecule has 8 heteroatoms. The highest BCUT2D eigenvalue weighted by Crippen LogP contribution is 2.48. The van der Waals surface area contributed by atoms with Crippen LogP contribution in [0.2, 0.25) is 0 Å². The average Bonchev–Trinajstić information content (AvgIpc) is 3.44. The van der Waals surface area contributed by atoms with Crippen LogP contribution in [0.5, 0.6) is 0 Å². The number of hydrogen-bond acceptors (Lipinski definition) is 6. The minimum Gasteiger partial charge on any atom is -0.325 e. The van der Waals surface area contributed by atoms with Gasteiger partial charge < -0.3 is 5.32 Å². The monoisotopic (exact) mass is 404 g/mol. The second-order valence-electron chi connectivity index (χ2n) is 7.90. The lowest BCUT2D eigenvalue weighted by Gasteiger charge is -2.26. The third kappa shape index (κ3) is 3.66. The van der Waals surface area contributed by atoms with Crippen LogP contribution in [0.3, 0.4) is 0 Å². The van der Waals surface area contributed by atoms with Crippen molar-refractivity contribution in [2.24, 2.45) is 5.92 Å². The summed E-state index contributed by atoms with van der Waals surface area (Å²) in [6.45, 7) is 2.50. The van der Waals surface area contributed by atoms with E-state index in [4.69, 9.17) is 0 Å². The molecule has 3 atom stereocenters. The number of anilines is 1. The summed E-state index contributed by atoms with van der Waals surface area (Å²) in [6.07, 6.45) is 7.71. The zero-order valence-corrected chi connectivity index (χ0v) is 16.5. The summed E-state index contributed by atoms with van der Waals surface area (Å²) in [5.74, 6) is 1.21. The van der Waals surface area contributed by atoms with Crippen molar-refractivity contribution in [3.63, 3.8) is 0 Å². The van der Waals surface area contributed by atoms with Gasteiger partial charge in [0.1, 0.15) is 5.82 Å². The number of carbonyl (C=O) groups excluding carboxylic acids is 1. The predicted octanol–water partition coefficient (Wildman–Crippen LogP) is 2.98. The summed E-state index contributed by atoms with van der Waals surface area (Å²) in [6, 6.07) is 7.62. The Hall–Kier alpha value is -3.26. The van der Waals surface area contributed by atoms with E-state index >= 15 is 0 Å². The van der Waals surface area contributed by atoms with Crippen molar-refractivity contribution >= 4 is 11.6 Å². The molecule has 7 nitrogen and oxygen atoms in total. The Bertz CT molecular complexity index is 1070. The van der Waals surface area contributed by atoms with Crippen molar-refractivity contribution < 1.29 is 9.18 Å². The molecule has 0 unspecified atom stereocenters. The van der Waals surface area contributed by atoms with Gasteiger partial charge in [0.15, 0.2) is 11.6 Å². The normalized spacial score (nSPS) is 22.5. The lowest BCUT2D eigenvalue weighted by Crippen LogP contribution is -2.41. The fourth-order valence-electron chi connectivity index (χ4n) is 4.22. The molecule has 1 saturated heterocycles. The first-order valence-corrected chi connectivity index (χ1v) is 9.99. The Morgan fingerprint density at radius 3 is 2.70 bits per heavy atom. The van der Waals surface area contributed by atoms with E-state index in [0.717, 1.165) is 42.2 Å². The number of carbonyl (C=O) groups is 1. The van der Waals surface area contributed by atoms with Crippen molar-refractivity contribution in [2.75, 3.05) is 5.32 Å². The highest BCUT2D eigenvalue weighted by atomic mass is 19.1. The summed E-state index contributed by atoms with van der Waals surface area (Å²) in [4.78, 5) is 32.0. The summed E-state index contributed by atoms with van der Waals surface area (Å²) in [5.41, 5.74) is 2.38. The van der Waals surface area contributed by atoms with Crippen LogP contribution >= 0.6 is 0 Å². The van der Waals surface area contributed by atoms with Crippen molar-refractivity contribution in [1.82, 2.24) is 24.8 Å². The minimum absolute atomic E-state index is 0.0343. The molecule has 3 heterocycles.